The molecule has 106 valence electrons. The third-order valence-electron chi connectivity index (χ3n) is 2.82. The quantitative estimate of drug-likeness (QED) is 0.742. The van der Waals surface area contributed by atoms with E-state index in [1.165, 1.54) is 11.0 Å². The van der Waals surface area contributed by atoms with Crippen LogP contribution in [0.3, 0.4) is 0 Å². The summed E-state index contributed by atoms with van der Waals surface area (Å²) >= 11 is 0. The Morgan fingerprint density at radius 2 is 2.15 bits per heavy atom. The van der Waals surface area contributed by atoms with Crippen molar-refractivity contribution >= 4 is 12.0 Å². The summed E-state index contributed by atoms with van der Waals surface area (Å²) in [6.45, 7) is -0.138. The van der Waals surface area contributed by atoms with Crippen LogP contribution < -0.4 is 10.6 Å². The van der Waals surface area contributed by atoms with Crippen molar-refractivity contribution in [2.24, 2.45) is 7.05 Å². The van der Waals surface area contributed by atoms with E-state index >= 15 is 0 Å². The highest BCUT2D eigenvalue weighted by Crippen LogP contribution is 2.03. The van der Waals surface area contributed by atoms with Gasteiger partial charge < -0.3 is 10.4 Å². The number of aryl methyl sites for hydroxylation is 1. The summed E-state index contributed by atoms with van der Waals surface area (Å²) in [7, 11) is 1.68. The van der Waals surface area contributed by atoms with Crippen molar-refractivity contribution in [2.45, 2.75) is 12.5 Å². The van der Waals surface area contributed by atoms with Crippen LogP contribution in [-0.2, 0) is 13.5 Å². The van der Waals surface area contributed by atoms with Gasteiger partial charge in [0.15, 0.2) is 0 Å². The van der Waals surface area contributed by atoms with Crippen molar-refractivity contribution in [1.29, 1.82) is 0 Å². The monoisotopic (exact) mass is 275 g/mol. The summed E-state index contributed by atoms with van der Waals surface area (Å²) in [5, 5.41) is 18.5. The summed E-state index contributed by atoms with van der Waals surface area (Å²) in [6.07, 6.45) is 1.91. The van der Waals surface area contributed by atoms with E-state index in [0.717, 1.165) is 5.56 Å². The Morgan fingerprint density at radius 3 is 2.75 bits per heavy atom. The van der Waals surface area contributed by atoms with Crippen LogP contribution in [0.5, 0.6) is 0 Å². The minimum absolute atomic E-state index is 0.138. The molecule has 1 aromatic carbocycles. The number of hydrogen-bond acceptors (Lipinski definition) is 4. The number of aliphatic hydroxyl groups excluding tert-OH is 1. The molecule has 3 N–H and O–H groups in total. The molecule has 20 heavy (non-hydrogen) atoms. The Kier molecular flexibility index (Phi) is 4.67. The molecule has 1 atom stereocenters. The Labute approximate surface area is 116 Å². The van der Waals surface area contributed by atoms with Crippen molar-refractivity contribution < 1.29 is 9.90 Å². The van der Waals surface area contributed by atoms with Gasteiger partial charge in [0.05, 0.1) is 12.6 Å². The molecule has 2 aromatic rings. The van der Waals surface area contributed by atoms with Gasteiger partial charge >= 0.3 is 6.03 Å². The molecule has 2 rings (SSSR count). The molecule has 1 aromatic heterocycles. The number of hydrogen-bond donors (Lipinski definition) is 3. The fourth-order valence-corrected chi connectivity index (χ4v) is 1.79. The number of rotatable bonds is 5. The van der Waals surface area contributed by atoms with Gasteiger partial charge in [0.1, 0.15) is 6.33 Å². The fraction of sp³-hybridized carbons (Fsp3) is 0.308. The van der Waals surface area contributed by atoms with Crippen LogP contribution in [-0.4, -0.2) is 38.6 Å². The molecule has 1 heterocycles. The molecule has 0 aliphatic heterocycles. The van der Waals surface area contributed by atoms with Crippen LogP contribution in [0.1, 0.15) is 5.56 Å². The van der Waals surface area contributed by atoms with Crippen LogP contribution in [0.15, 0.2) is 36.7 Å². The van der Waals surface area contributed by atoms with Gasteiger partial charge in [0.25, 0.3) is 0 Å². The smallest absolute Gasteiger partial charge is 0.321 e. The average molecular weight is 275 g/mol. The average Bonchev–Trinajstić information content (AvgIpc) is 2.84. The molecular weight excluding hydrogens is 258 g/mol. The summed E-state index contributed by atoms with van der Waals surface area (Å²) in [5.74, 6) is 0.346. The minimum atomic E-state index is -0.420. The zero-order valence-electron chi connectivity index (χ0n) is 11.2. The number of amides is 2. The van der Waals surface area contributed by atoms with Gasteiger partial charge in [0.2, 0.25) is 5.95 Å². The lowest BCUT2D eigenvalue weighted by Crippen LogP contribution is -2.42. The van der Waals surface area contributed by atoms with Gasteiger partial charge in [-0.2, -0.15) is 10.1 Å². The highest BCUT2D eigenvalue weighted by Gasteiger charge is 2.13. The van der Waals surface area contributed by atoms with Gasteiger partial charge in [0, 0.05) is 7.05 Å². The zero-order chi connectivity index (χ0) is 14.4. The van der Waals surface area contributed by atoms with Crippen molar-refractivity contribution in [3.63, 3.8) is 0 Å². The number of aromatic nitrogens is 3. The van der Waals surface area contributed by atoms with E-state index in [4.69, 9.17) is 0 Å². The molecule has 0 bridgehead atoms. The topological polar surface area (TPSA) is 92.1 Å². The summed E-state index contributed by atoms with van der Waals surface area (Å²) in [4.78, 5) is 15.7. The SMILES string of the molecule is Cn1ncnc1NC(=O)N[C@@H](CO)Cc1ccccc1. The lowest BCUT2D eigenvalue weighted by Gasteiger charge is -2.16. The summed E-state index contributed by atoms with van der Waals surface area (Å²) in [6, 6.07) is 8.88. The second kappa shape index (κ2) is 6.67. The minimum Gasteiger partial charge on any atom is -0.394 e. The van der Waals surface area contributed by atoms with Crippen LogP contribution in [0.4, 0.5) is 10.7 Å². The van der Waals surface area contributed by atoms with Crippen LogP contribution in [0, 0.1) is 0 Å². The molecule has 0 unspecified atom stereocenters. The first-order valence-electron chi connectivity index (χ1n) is 6.25. The van der Waals surface area contributed by atoms with E-state index in [-0.39, 0.29) is 12.6 Å². The molecule has 0 fully saturated rings. The first-order chi connectivity index (χ1) is 9.69. The van der Waals surface area contributed by atoms with Crippen molar-refractivity contribution in [3.05, 3.63) is 42.2 Å². The van der Waals surface area contributed by atoms with Crippen LogP contribution >= 0.6 is 0 Å². The first kappa shape index (κ1) is 14.0. The van der Waals surface area contributed by atoms with E-state index in [1.54, 1.807) is 7.05 Å². The van der Waals surface area contributed by atoms with E-state index in [1.807, 2.05) is 30.3 Å². The molecule has 0 aliphatic rings. The first-order valence-corrected chi connectivity index (χ1v) is 6.25. The Bertz CT molecular complexity index is 555. The second-order valence-corrected chi connectivity index (χ2v) is 4.37. The molecule has 7 heteroatoms. The highest BCUT2D eigenvalue weighted by atomic mass is 16.3. The predicted molar refractivity (Wildman–Crippen MR) is 74.2 cm³/mol. The molecule has 2 amide bonds. The fourth-order valence-electron chi connectivity index (χ4n) is 1.79. The maximum absolute atomic E-state index is 11.8. The van der Waals surface area contributed by atoms with E-state index in [2.05, 4.69) is 20.7 Å². The lowest BCUT2D eigenvalue weighted by atomic mass is 10.1. The summed E-state index contributed by atoms with van der Waals surface area (Å²) < 4.78 is 1.45. The number of benzene rings is 1. The van der Waals surface area contributed by atoms with Crippen molar-refractivity contribution in [3.8, 4) is 0 Å². The number of carbonyl (C=O) groups is 1. The van der Waals surface area contributed by atoms with Crippen LogP contribution in [0.25, 0.3) is 0 Å². The normalized spacial score (nSPS) is 11.9. The van der Waals surface area contributed by atoms with Gasteiger partial charge in [-0.05, 0) is 12.0 Å². The maximum atomic E-state index is 11.8. The third-order valence-corrected chi connectivity index (χ3v) is 2.82. The Hall–Kier alpha value is -2.41. The standard InChI is InChI=1S/C13H17N5O2/c1-18-12(14-9-15-18)17-13(20)16-11(8-19)7-10-5-3-2-4-6-10/h2-6,9,11,19H,7-8H2,1H3,(H2,14,15,16,17,20)/t11-/m1/s1. The number of nitrogens with zero attached hydrogens (tertiary/aromatic N) is 3. The zero-order valence-corrected chi connectivity index (χ0v) is 11.2. The number of carbonyl (C=O) groups excluding carboxylic acids is 1. The number of aliphatic hydroxyl groups is 1. The Balaban J connectivity index is 1.90. The van der Waals surface area contributed by atoms with Gasteiger partial charge in [-0.3, -0.25) is 5.32 Å². The number of anilines is 1. The molecular formula is C13H17N5O2. The van der Waals surface area contributed by atoms with E-state index in [9.17, 15) is 9.90 Å². The van der Waals surface area contributed by atoms with E-state index in [0.29, 0.717) is 12.4 Å². The molecule has 0 spiro atoms. The number of urea groups is 1. The lowest BCUT2D eigenvalue weighted by molar-refractivity contribution is 0.224. The Morgan fingerprint density at radius 1 is 1.40 bits per heavy atom. The largest absolute Gasteiger partial charge is 0.394 e. The van der Waals surface area contributed by atoms with Gasteiger partial charge in [-0.1, -0.05) is 30.3 Å². The van der Waals surface area contributed by atoms with Gasteiger partial charge in [-0.15, -0.1) is 0 Å². The number of nitrogens with one attached hydrogen (secondary N) is 2. The molecule has 7 nitrogen and oxygen atoms in total. The van der Waals surface area contributed by atoms with Crippen LogP contribution in [0.2, 0.25) is 0 Å². The van der Waals surface area contributed by atoms with Gasteiger partial charge in [-0.25, -0.2) is 9.48 Å². The molecule has 0 saturated heterocycles. The highest BCUT2D eigenvalue weighted by molar-refractivity contribution is 5.87. The molecule has 0 aliphatic carbocycles. The van der Waals surface area contributed by atoms with E-state index < -0.39 is 6.03 Å². The third kappa shape index (κ3) is 3.79. The molecule has 0 saturated carbocycles. The second-order valence-electron chi connectivity index (χ2n) is 4.37. The summed E-state index contributed by atoms with van der Waals surface area (Å²) in [5.41, 5.74) is 1.05. The molecule has 0 radical (unpaired) electrons. The predicted octanol–water partition coefficient (Wildman–Crippen LogP) is 0.540. The maximum Gasteiger partial charge on any atom is 0.321 e. The van der Waals surface area contributed by atoms with Crippen molar-refractivity contribution in [1.82, 2.24) is 20.1 Å². The van der Waals surface area contributed by atoms with Crippen molar-refractivity contribution in [2.75, 3.05) is 11.9 Å².